The fourth-order valence-corrected chi connectivity index (χ4v) is 5.79. The average molecular weight is 444 g/mol. The molecule has 31 heavy (non-hydrogen) atoms. The second-order valence-corrected chi connectivity index (χ2v) is 10.0. The molecule has 0 unspecified atom stereocenters. The molecule has 0 spiro atoms. The van der Waals surface area contributed by atoms with Crippen molar-refractivity contribution >= 4 is 27.5 Å². The van der Waals surface area contributed by atoms with Gasteiger partial charge in [-0.2, -0.15) is 4.31 Å². The van der Waals surface area contributed by atoms with Crippen molar-refractivity contribution < 1.29 is 18.0 Å². The van der Waals surface area contributed by atoms with Crippen LogP contribution >= 0.6 is 0 Å². The summed E-state index contributed by atoms with van der Waals surface area (Å²) in [7, 11) is -3.99. The Kier molecular flexibility index (Phi) is 6.81. The Balaban J connectivity index is 2.08. The summed E-state index contributed by atoms with van der Waals surface area (Å²) in [4.78, 5) is 24.3. The molecule has 2 N–H and O–H groups in total. The molecular weight excluding hydrogens is 414 g/mol. The van der Waals surface area contributed by atoms with E-state index in [-0.39, 0.29) is 41.4 Å². The zero-order valence-electron chi connectivity index (χ0n) is 18.3. The second kappa shape index (κ2) is 9.20. The van der Waals surface area contributed by atoms with E-state index in [0.29, 0.717) is 6.42 Å². The van der Waals surface area contributed by atoms with E-state index in [2.05, 4.69) is 10.6 Å². The molecule has 7 nitrogen and oxygen atoms in total. The number of hydrogen-bond donors (Lipinski definition) is 2. The summed E-state index contributed by atoms with van der Waals surface area (Å²) >= 11 is 0. The van der Waals surface area contributed by atoms with Crippen LogP contribution in [0.15, 0.2) is 47.4 Å². The van der Waals surface area contributed by atoms with E-state index in [9.17, 15) is 18.0 Å². The molecule has 0 saturated heterocycles. The molecular formula is C23H29N3O4S. The highest BCUT2D eigenvalue weighted by molar-refractivity contribution is 7.89. The number of nitrogens with one attached hydrogen (secondary N) is 2. The number of amides is 2. The molecule has 0 bridgehead atoms. The van der Waals surface area contributed by atoms with Gasteiger partial charge in [0, 0.05) is 25.9 Å². The number of anilines is 1. The summed E-state index contributed by atoms with van der Waals surface area (Å²) in [5.41, 5.74) is 2.88. The standard InChI is InChI=1S/C23H29N3O4S/c1-15(2)24-23(28)14-21-19-8-6-5-7-18(19)11-12-26(21)31(29,30)22-13-16(3)9-10-20(22)25-17(4)27/h5-10,13,15,21H,11-12,14H2,1-4H3,(H,24,28)(H,25,27)/t21-/m0/s1. The van der Waals surface area contributed by atoms with Crippen molar-refractivity contribution in [3.05, 3.63) is 59.2 Å². The minimum Gasteiger partial charge on any atom is -0.354 e. The summed E-state index contributed by atoms with van der Waals surface area (Å²) in [5, 5.41) is 5.48. The first kappa shape index (κ1) is 23.0. The fraction of sp³-hybridized carbons (Fsp3) is 0.391. The summed E-state index contributed by atoms with van der Waals surface area (Å²) < 4.78 is 29.0. The van der Waals surface area contributed by atoms with Crippen LogP contribution in [0.25, 0.3) is 0 Å². The van der Waals surface area contributed by atoms with Gasteiger partial charge in [0.15, 0.2) is 0 Å². The first-order valence-electron chi connectivity index (χ1n) is 10.4. The topological polar surface area (TPSA) is 95.6 Å². The lowest BCUT2D eigenvalue weighted by Gasteiger charge is -2.36. The highest BCUT2D eigenvalue weighted by atomic mass is 32.2. The van der Waals surface area contributed by atoms with Crippen LogP contribution in [0.4, 0.5) is 5.69 Å². The number of hydrogen-bond acceptors (Lipinski definition) is 4. The van der Waals surface area contributed by atoms with Gasteiger partial charge in [0.25, 0.3) is 0 Å². The zero-order valence-corrected chi connectivity index (χ0v) is 19.1. The first-order valence-corrected chi connectivity index (χ1v) is 11.8. The van der Waals surface area contributed by atoms with Gasteiger partial charge in [-0.25, -0.2) is 8.42 Å². The summed E-state index contributed by atoms with van der Waals surface area (Å²) in [6.07, 6.45) is 0.578. The van der Waals surface area contributed by atoms with E-state index in [4.69, 9.17) is 0 Å². The van der Waals surface area contributed by atoms with Gasteiger partial charge in [-0.3, -0.25) is 9.59 Å². The predicted molar refractivity (Wildman–Crippen MR) is 120 cm³/mol. The van der Waals surface area contributed by atoms with Crippen LogP contribution in [-0.4, -0.2) is 37.1 Å². The molecule has 2 aromatic carbocycles. The Morgan fingerprint density at radius 2 is 1.87 bits per heavy atom. The Bertz CT molecular complexity index is 1100. The highest BCUT2D eigenvalue weighted by Crippen LogP contribution is 2.38. The number of carbonyl (C=O) groups is 2. The third-order valence-electron chi connectivity index (χ3n) is 5.23. The van der Waals surface area contributed by atoms with E-state index in [1.807, 2.05) is 38.1 Å². The van der Waals surface area contributed by atoms with Crippen LogP contribution in [0.5, 0.6) is 0 Å². The Morgan fingerprint density at radius 1 is 1.16 bits per heavy atom. The number of benzene rings is 2. The van der Waals surface area contributed by atoms with Crippen molar-refractivity contribution in [2.75, 3.05) is 11.9 Å². The Hall–Kier alpha value is -2.71. The monoisotopic (exact) mass is 443 g/mol. The average Bonchev–Trinajstić information content (AvgIpc) is 2.68. The van der Waals surface area contributed by atoms with E-state index in [1.165, 1.54) is 11.2 Å². The molecule has 1 atom stereocenters. The molecule has 1 aliphatic rings. The molecule has 1 aliphatic heterocycles. The van der Waals surface area contributed by atoms with Crippen LogP contribution in [0.1, 0.15) is 49.9 Å². The Morgan fingerprint density at radius 3 is 2.55 bits per heavy atom. The molecule has 0 fully saturated rings. The fourth-order valence-electron chi connectivity index (χ4n) is 3.95. The molecule has 0 aromatic heterocycles. The number of aryl methyl sites for hydroxylation is 1. The van der Waals surface area contributed by atoms with Gasteiger partial charge in [-0.05, 0) is 56.0 Å². The van der Waals surface area contributed by atoms with E-state index < -0.39 is 16.1 Å². The van der Waals surface area contributed by atoms with E-state index in [0.717, 1.165) is 16.7 Å². The minimum atomic E-state index is -3.99. The zero-order chi connectivity index (χ0) is 22.8. The van der Waals surface area contributed by atoms with Gasteiger partial charge < -0.3 is 10.6 Å². The summed E-state index contributed by atoms with van der Waals surface area (Å²) in [5.74, 6) is -0.555. The van der Waals surface area contributed by atoms with Crippen molar-refractivity contribution in [1.29, 1.82) is 0 Å². The van der Waals surface area contributed by atoms with Crippen LogP contribution in [0, 0.1) is 6.92 Å². The lowest BCUT2D eigenvalue weighted by Crippen LogP contribution is -2.43. The van der Waals surface area contributed by atoms with Gasteiger partial charge in [0.1, 0.15) is 4.90 Å². The maximum absolute atomic E-state index is 13.8. The molecule has 0 saturated carbocycles. The van der Waals surface area contributed by atoms with Crippen molar-refractivity contribution in [2.45, 2.75) is 57.5 Å². The number of carbonyl (C=O) groups excluding carboxylic acids is 2. The number of sulfonamides is 1. The minimum absolute atomic E-state index is 0.0235. The molecule has 0 radical (unpaired) electrons. The largest absolute Gasteiger partial charge is 0.354 e. The number of nitrogens with zero attached hydrogens (tertiary/aromatic N) is 1. The molecule has 3 rings (SSSR count). The predicted octanol–water partition coefficient (Wildman–Crippen LogP) is 3.16. The molecule has 2 aromatic rings. The normalized spacial score (nSPS) is 16.6. The number of rotatable bonds is 6. The van der Waals surface area contributed by atoms with Gasteiger partial charge in [-0.15, -0.1) is 0 Å². The molecule has 1 heterocycles. The van der Waals surface area contributed by atoms with Crippen LogP contribution in [-0.2, 0) is 26.0 Å². The third kappa shape index (κ3) is 5.14. The third-order valence-corrected chi connectivity index (χ3v) is 7.17. The quantitative estimate of drug-likeness (QED) is 0.717. The van der Waals surface area contributed by atoms with Crippen LogP contribution in [0.2, 0.25) is 0 Å². The maximum atomic E-state index is 13.8. The van der Waals surface area contributed by atoms with Gasteiger partial charge >= 0.3 is 0 Å². The van der Waals surface area contributed by atoms with E-state index >= 15 is 0 Å². The lowest BCUT2D eigenvalue weighted by atomic mass is 9.92. The van der Waals surface area contributed by atoms with Gasteiger partial charge in [0.2, 0.25) is 21.8 Å². The van der Waals surface area contributed by atoms with Crippen molar-refractivity contribution in [3.63, 3.8) is 0 Å². The smallest absolute Gasteiger partial charge is 0.245 e. The molecule has 2 amide bonds. The summed E-state index contributed by atoms with van der Waals surface area (Å²) in [6.45, 7) is 7.13. The lowest BCUT2D eigenvalue weighted by molar-refractivity contribution is -0.122. The van der Waals surface area contributed by atoms with Crippen LogP contribution < -0.4 is 10.6 Å². The van der Waals surface area contributed by atoms with Crippen molar-refractivity contribution in [3.8, 4) is 0 Å². The van der Waals surface area contributed by atoms with Crippen LogP contribution in [0.3, 0.4) is 0 Å². The van der Waals surface area contributed by atoms with Gasteiger partial charge in [-0.1, -0.05) is 30.3 Å². The Labute approximate surface area is 183 Å². The highest BCUT2D eigenvalue weighted by Gasteiger charge is 2.38. The van der Waals surface area contributed by atoms with Gasteiger partial charge in [0.05, 0.1) is 11.7 Å². The first-order chi connectivity index (χ1) is 14.6. The molecule has 8 heteroatoms. The molecule has 166 valence electrons. The van der Waals surface area contributed by atoms with Crippen molar-refractivity contribution in [2.24, 2.45) is 0 Å². The number of fused-ring (bicyclic) bond motifs is 1. The maximum Gasteiger partial charge on any atom is 0.245 e. The van der Waals surface area contributed by atoms with E-state index in [1.54, 1.807) is 25.1 Å². The SMILES string of the molecule is CC(=O)Nc1ccc(C)cc1S(=O)(=O)N1CCc2ccccc2[C@@H]1CC(=O)NC(C)C. The molecule has 0 aliphatic carbocycles. The second-order valence-electron chi connectivity index (χ2n) is 8.19. The summed E-state index contributed by atoms with van der Waals surface area (Å²) in [6, 6.07) is 11.9. The van der Waals surface area contributed by atoms with Crippen molar-refractivity contribution in [1.82, 2.24) is 9.62 Å².